The van der Waals surface area contributed by atoms with Crippen molar-refractivity contribution in [2.24, 2.45) is 5.73 Å². The maximum Gasteiger partial charge on any atom is 0.322 e. The van der Waals surface area contributed by atoms with Crippen LogP contribution in [-0.2, 0) is 14.4 Å². The molecule has 0 fully saturated rings. The number of aliphatic carboxylic acids is 1. The van der Waals surface area contributed by atoms with Crippen LogP contribution in [-0.4, -0.2) is 72.4 Å². The molecule has 0 saturated carbocycles. The number of fused-ring (bicyclic) bond motifs is 2. The molecule has 15 heteroatoms. The highest BCUT2D eigenvalue weighted by Crippen LogP contribution is 2.26. The summed E-state index contributed by atoms with van der Waals surface area (Å²) in [6, 6.07) is 16.8. The van der Waals surface area contributed by atoms with E-state index in [1.807, 2.05) is 48.5 Å². The number of carbonyl (C=O) groups excluding carboxylic acids is 4. The third kappa shape index (κ3) is 10.5. The topological polar surface area (TPSA) is 216 Å². The average Bonchev–Trinajstić information content (AvgIpc) is 3.69. The molecule has 2 atom stereocenters. The molecule has 2 aromatic carbocycles. The van der Waals surface area contributed by atoms with Crippen LogP contribution in [0.4, 0.5) is 0 Å². The number of amides is 4. The number of guanidine groups is 1. The Labute approximate surface area is 278 Å². The molecule has 248 valence electrons. The van der Waals surface area contributed by atoms with Gasteiger partial charge in [0, 0.05) is 22.5 Å². The van der Waals surface area contributed by atoms with Gasteiger partial charge in [-0.05, 0) is 67.1 Å². The molecule has 2 heterocycles. The van der Waals surface area contributed by atoms with E-state index < -0.39 is 36.4 Å². The van der Waals surface area contributed by atoms with Crippen LogP contribution < -0.4 is 32.3 Å². The lowest BCUT2D eigenvalue weighted by atomic mass is 10.1. The summed E-state index contributed by atoms with van der Waals surface area (Å²) in [5.74, 6) is -3.19. The lowest BCUT2D eigenvalue weighted by Crippen LogP contribution is -2.48. The van der Waals surface area contributed by atoms with Gasteiger partial charge in [-0.2, -0.15) is 0 Å². The van der Waals surface area contributed by atoms with E-state index in [2.05, 4.69) is 26.6 Å². The van der Waals surface area contributed by atoms with Crippen molar-refractivity contribution in [2.75, 3.05) is 19.6 Å². The predicted octanol–water partition coefficient (Wildman–Crippen LogP) is 2.76. The van der Waals surface area contributed by atoms with Gasteiger partial charge in [0.25, 0.3) is 11.8 Å². The number of benzene rings is 2. The molecule has 0 aliphatic heterocycles. The Morgan fingerprint density at radius 1 is 0.702 bits per heavy atom. The summed E-state index contributed by atoms with van der Waals surface area (Å²) in [6.07, 6.45) is 1.87. The molecule has 2 aromatic heterocycles. The Kier molecular flexibility index (Phi) is 12.6. The molecule has 0 spiro atoms. The van der Waals surface area contributed by atoms with Gasteiger partial charge < -0.3 is 37.4 Å². The Morgan fingerprint density at radius 2 is 1.19 bits per heavy atom. The first-order valence-electron chi connectivity index (χ1n) is 15.0. The Bertz CT molecular complexity index is 1690. The lowest BCUT2D eigenvalue weighted by Gasteiger charge is -2.19. The number of rotatable bonds is 17. The number of carboxylic acids is 1. The van der Waals surface area contributed by atoms with Crippen molar-refractivity contribution in [1.29, 1.82) is 5.41 Å². The molecule has 0 radical (unpaired) electrons. The van der Waals surface area contributed by atoms with Gasteiger partial charge in [0.05, 0.1) is 9.75 Å². The summed E-state index contributed by atoms with van der Waals surface area (Å²) in [5, 5.41) is 31.5. The van der Waals surface area contributed by atoms with E-state index in [0.717, 1.165) is 20.2 Å². The fourth-order valence-corrected chi connectivity index (χ4v) is 6.74. The third-order valence-electron chi connectivity index (χ3n) is 7.16. The lowest BCUT2D eigenvalue weighted by molar-refractivity contribution is -0.138. The molecule has 0 bridgehead atoms. The van der Waals surface area contributed by atoms with Gasteiger partial charge in [-0.3, -0.25) is 29.4 Å². The zero-order valence-corrected chi connectivity index (χ0v) is 27.1. The minimum atomic E-state index is -1.21. The van der Waals surface area contributed by atoms with Gasteiger partial charge in [0.1, 0.15) is 18.6 Å². The summed E-state index contributed by atoms with van der Waals surface area (Å²) < 4.78 is 1.88. The van der Waals surface area contributed by atoms with Crippen molar-refractivity contribution >= 4 is 78.4 Å². The summed E-state index contributed by atoms with van der Waals surface area (Å²) in [7, 11) is 0. The monoisotopic (exact) mass is 679 g/mol. The largest absolute Gasteiger partial charge is 0.480 e. The second-order valence-electron chi connectivity index (χ2n) is 10.7. The fourth-order valence-electron chi connectivity index (χ4n) is 4.81. The molecule has 2 unspecified atom stereocenters. The maximum atomic E-state index is 13.2. The van der Waals surface area contributed by atoms with E-state index >= 15 is 0 Å². The van der Waals surface area contributed by atoms with Gasteiger partial charge >= 0.3 is 5.97 Å². The summed E-state index contributed by atoms with van der Waals surface area (Å²) in [4.78, 5) is 63.9. The number of hydrogen-bond acceptors (Lipinski definition) is 8. The van der Waals surface area contributed by atoms with Crippen LogP contribution in [0.3, 0.4) is 0 Å². The number of nitrogens with two attached hydrogens (primary N) is 1. The molecule has 13 nitrogen and oxygen atoms in total. The van der Waals surface area contributed by atoms with E-state index in [0.29, 0.717) is 42.0 Å². The zero-order chi connectivity index (χ0) is 33.8. The second-order valence-corrected chi connectivity index (χ2v) is 12.9. The van der Waals surface area contributed by atoms with Gasteiger partial charge in [0.2, 0.25) is 11.8 Å². The van der Waals surface area contributed by atoms with Crippen LogP contribution in [0.2, 0.25) is 0 Å². The number of nitrogens with one attached hydrogen (secondary N) is 6. The number of hydrogen-bond donors (Lipinski definition) is 8. The minimum absolute atomic E-state index is 0.185. The van der Waals surface area contributed by atoms with Crippen molar-refractivity contribution in [3.63, 3.8) is 0 Å². The standard InChI is InChI=1S/C32H37N7O6S2/c33-32(34)36-15-7-11-22(39-31(45)26-17-20-9-2-4-13-24(20)47-26)28(42)35-14-6-5-10-21(29(43)37-18-27(40)41)38-30(44)25-16-19-8-1-3-12-23(19)46-25/h1-4,8-9,12-13,16-17,21-22H,5-7,10-11,14-15,18H2,(H,35,42)(H,37,43)(H,38,44)(H,39,45)(H,40,41)(H4,33,34,36). The molecule has 4 amide bonds. The van der Waals surface area contributed by atoms with Crippen molar-refractivity contribution in [1.82, 2.24) is 26.6 Å². The van der Waals surface area contributed by atoms with Crippen LogP contribution in [0.5, 0.6) is 0 Å². The van der Waals surface area contributed by atoms with Gasteiger partial charge in [0.15, 0.2) is 5.96 Å². The molecule has 4 rings (SSSR count). The molecule has 0 aliphatic carbocycles. The normalized spacial score (nSPS) is 12.2. The van der Waals surface area contributed by atoms with Gasteiger partial charge in [-0.1, -0.05) is 36.4 Å². The van der Waals surface area contributed by atoms with Crippen molar-refractivity contribution in [2.45, 2.75) is 44.2 Å². The first-order valence-corrected chi connectivity index (χ1v) is 16.7. The van der Waals surface area contributed by atoms with E-state index in [-0.39, 0.29) is 30.7 Å². The van der Waals surface area contributed by atoms with Crippen molar-refractivity contribution in [3.8, 4) is 0 Å². The highest BCUT2D eigenvalue weighted by Gasteiger charge is 2.24. The summed E-state index contributed by atoms with van der Waals surface area (Å²) in [5.41, 5.74) is 5.35. The smallest absolute Gasteiger partial charge is 0.322 e. The van der Waals surface area contributed by atoms with Crippen LogP contribution >= 0.6 is 22.7 Å². The van der Waals surface area contributed by atoms with Crippen LogP contribution in [0.15, 0.2) is 60.7 Å². The first-order chi connectivity index (χ1) is 22.6. The highest BCUT2D eigenvalue weighted by atomic mass is 32.1. The zero-order valence-electron chi connectivity index (χ0n) is 25.5. The molecule has 0 saturated heterocycles. The second kappa shape index (κ2) is 17.1. The van der Waals surface area contributed by atoms with Crippen molar-refractivity contribution < 1.29 is 29.1 Å². The molecular weight excluding hydrogens is 643 g/mol. The third-order valence-corrected chi connectivity index (χ3v) is 9.39. The molecule has 4 aromatic rings. The Morgan fingerprint density at radius 3 is 1.70 bits per heavy atom. The summed E-state index contributed by atoms with van der Waals surface area (Å²) >= 11 is 2.63. The first kappa shape index (κ1) is 34.8. The summed E-state index contributed by atoms with van der Waals surface area (Å²) in [6.45, 7) is 0.0185. The molecule has 47 heavy (non-hydrogen) atoms. The van der Waals surface area contributed by atoms with E-state index in [9.17, 15) is 24.0 Å². The van der Waals surface area contributed by atoms with Gasteiger partial charge in [-0.15, -0.1) is 22.7 Å². The predicted molar refractivity (Wildman–Crippen MR) is 183 cm³/mol. The Hall–Kier alpha value is -5.02. The fraction of sp³-hybridized carbons (Fsp3) is 0.312. The van der Waals surface area contributed by atoms with Crippen LogP contribution in [0.25, 0.3) is 20.2 Å². The number of carboxylic acid groups (broad SMARTS) is 1. The van der Waals surface area contributed by atoms with E-state index in [4.69, 9.17) is 16.2 Å². The van der Waals surface area contributed by atoms with Crippen LogP contribution in [0.1, 0.15) is 51.4 Å². The maximum absolute atomic E-state index is 13.2. The molecular formula is C32H37N7O6S2. The number of carbonyl (C=O) groups is 5. The van der Waals surface area contributed by atoms with Crippen molar-refractivity contribution in [3.05, 3.63) is 70.4 Å². The van der Waals surface area contributed by atoms with E-state index in [1.165, 1.54) is 22.7 Å². The molecule has 0 aliphatic rings. The number of unbranched alkanes of at least 4 members (excludes halogenated alkanes) is 1. The number of thiophene rings is 2. The van der Waals surface area contributed by atoms with Gasteiger partial charge in [-0.25, -0.2) is 0 Å². The average molecular weight is 680 g/mol. The highest BCUT2D eigenvalue weighted by molar-refractivity contribution is 7.21. The van der Waals surface area contributed by atoms with Crippen LogP contribution in [0, 0.1) is 5.41 Å². The molecule has 9 N–H and O–H groups in total. The Balaban J connectivity index is 1.31. The minimum Gasteiger partial charge on any atom is -0.480 e. The quantitative estimate of drug-likeness (QED) is 0.0471. The van der Waals surface area contributed by atoms with E-state index in [1.54, 1.807) is 12.1 Å². The SMILES string of the molecule is N=C(N)NCCCC(NC(=O)c1cc2ccccc2s1)C(=O)NCCCCC(NC(=O)c1cc2ccccc2s1)C(=O)NCC(=O)O.